The van der Waals surface area contributed by atoms with Gasteiger partial charge in [-0.05, 0) is 24.3 Å². The first-order valence-corrected chi connectivity index (χ1v) is 7.55. The molecule has 0 spiro atoms. The molecule has 116 valence electrons. The minimum absolute atomic E-state index is 0.784. The first kappa shape index (κ1) is 13.0. The van der Waals surface area contributed by atoms with Gasteiger partial charge >= 0.3 is 0 Å². The maximum absolute atomic E-state index is 4.52. The third-order valence-corrected chi connectivity index (χ3v) is 4.15. The smallest absolute Gasteiger partial charge is 0.165 e. The largest absolute Gasteiger partial charge is 0.334 e. The summed E-state index contributed by atoms with van der Waals surface area (Å²) in [5.74, 6) is 0.810. The standard InChI is InChI=1S/C17H13N7/c1-22-11-20-14-4-3-12(9-15(14)22)23-8-6-19-16(23)13-10-21-24-7-2-5-18-17(13)24/h2-11H,1H3. The quantitative estimate of drug-likeness (QED) is 0.502. The van der Waals surface area contributed by atoms with E-state index in [1.54, 1.807) is 23.1 Å². The third kappa shape index (κ3) is 1.78. The fourth-order valence-corrected chi connectivity index (χ4v) is 2.96. The van der Waals surface area contributed by atoms with E-state index in [1.165, 1.54) is 0 Å². The van der Waals surface area contributed by atoms with Crippen LogP contribution >= 0.6 is 0 Å². The highest BCUT2D eigenvalue weighted by Gasteiger charge is 2.14. The van der Waals surface area contributed by atoms with Crippen molar-refractivity contribution in [3.63, 3.8) is 0 Å². The molecule has 5 rings (SSSR count). The van der Waals surface area contributed by atoms with Crippen LogP contribution in [0.2, 0.25) is 0 Å². The molecule has 4 aromatic heterocycles. The summed E-state index contributed by atoms with van der Waals surface area (Å²) >= 11 is 0. The molecule has 0 N–H and O–H groups in total. The van der Waals surface area contributed by atoms with E-state index in [-0.39, 0.29) is 0 Å². The second kappa shape index (κ2) is 4.76. The summed E-state index contributed by atoms with van der Waals surface area (Å²) in [6, 6.07) is 8.02. The molecular weight excluding hydrogens is 302 g/mol. The van der Waals surface area contributed by atoms with Gasteiger partial charge in [-0.2, -0.15) is 5.10 Å². The van der Waals surface area contributed by atoms with Crippen LogP contribution in [0.1, 0.15) is 0 Å². The predicted octanol–water partition coefficient (Wildman–Crippen LogP) is 2.47. The van der Waals surface area contributed by atoms with E-state index in [0.29, 0.717) is 0 Å². The van der Waals surface area contributed by atoms with E-state index >= 15 is 0 Å². The average molecular weight is 315 g/mol. The van der Waals surface area contributed by atoms with Crippen LogP contribution in [0.15, 0.2) is 61.6 Å². The predicted molar refractivity (Wildman–Crippen MR) is 89.8 cm³/mol. The van der Waals surface area contributed by atoms with Crippen LogP contribution < -0.4 is 0 Å². The van der Waals surface area contributed by atoms with Crippen LogP contribution in [0.4, 0.5) is 0 Å². The summed E-state index contributed by atoms with van der Waals surface area (Å²) in [7, 11) is 1.99. The monoisotopic (exact) mass is 315 g/mol. The van der Waals surface area contributed by atoms with Crippen molar-refractivity contribution < 1.29 is 0 Å². The molecule has 1 aromatic carbocycles. The van der Waals surface area contributed by atoms with Gasteiger partial charge < -0.3 is 4.57 Å². The SMILES string of the molecule is Cn1cnc2ccc(-n3ccnc3-c3cnn4cccnc34)cc21. The Bertz CT molecular complexity index is 1180. The topological polar surface area (TPSA) is 65.8 Å². The Morgan fingerprint density at radius 2 is 1.96 bits per heavy atom. The summed E-state index contributed by atoms with van der Waals surface area (Å²) in [5, 5.41) is 4.35. The summed E-state index contributed by atoms with van der Waals surface area (Å²) in [4.78, 5) is 13.3. The lowest BCUT2D eigenvalue weighted by molar-refractivity contribution is 0.939. The van der Waals surface area contributed by atoms with E-state index in [0.717, 1.165) is 33.8 Å². The van der Waals surface area contributed by atoms with Gasteiger partial charge in [-0.3, -0.25) is 4.57 Å². The van der Waals surface area contributed by atoms with Gasteiger partial charge in [-0.15, -0.1) is 0 Å². The van der Waals surface area contributed by atoms with Crippen molar-refractivity contribution in [2.24, 2.45) is 7.05 Å². The van der Waals surface area contributed by atoms with Gasteiger partial charge in [0.2, 0.25) is 0 Å². The lowest BCUT2D eigenvalue weighted by Gasteiger charge is -2.07. The van der Waals surface area contributed by atoms with Crippen LogP contribution in [0.3, 0.4) is 0 Å². The number of rotatable bonds is 2. The van der Waals surface area contributed by atoms with Crippen LogP contribution in [0, 0.1) is 0 Å². The van der Waals surface area contributed by atoms with E-state index in [1.807, 2.05) is 53.1 Å². The molecule has 0 aliphatic heterocycles. The van der Waals surface area contributed by atoms with E-state index in [9.17, 15) is 0 Å². The number of aromatic nitrogens is 7. The normalized spacial score (nSPS) is 11.5. The van der Waals surface area contributed by atoms with Crippen molar-refractivity contribution in [2.75, 3.05) is 0 Å². The van der Waals surface area contributed by atoms with Gasteiger partial charge in [0.15, 0.2) is 5.65 Å². The molecule has 5 aromatic rings. The zero-order valence-electron chi connectivity index (χ0n) is 12.9. The molecule has 7 nitrogen and oxygen atoms in total. The van der Waals surface area contributed by atoms with Crippen molar-refractivity contribution in [3.8, 4) is 17.1 Å². The van der Waals surface area contributed by atoms with Gasteiger partial charge in [0.25, 0.3) is 0 Å². The molecular formula is C17H13N7. The molecule has 4 heterocycles. The van der Waals surface area contributed by atoms with Crippen LogP contribution in [0.5, 0.6) is 0 Å². The molecule has 0 saturated heterocycles. The van der Waals surface area contributed by atoms with Crippen LogP contribution in [-0.2, 0) is 7.05 Å². The molecule has 0 aliphatic rings. The summed E-state index contributed by atoms with van der Waals surface area (Å²) in [5.41, 5.74) is 4.75. The van der Waals surface area contributed by atoms with E-state index < -0.39 is 0 Å². The number of hydrogen-bond donors (Lipinski definition) is 0. The number of imidazole rings is 2. The Morgan fingerprint density at radius 3 is 2.92 bits per heavy atom. The Balaban J connectivity index is 1.73. The van der Waals surface area contributed by atoms with Gasteiger partial charge in [0.1, 0.15) is 5.82 Å². The number of benzene rings is 1. The minimum Gasteiger partial charge on any atom is -0.334 e. The molecule has 0 saturated carbocycles. The molecule has 0 fully saturated rings. The second-order valence-corrected chi connectivity index (χ2v) is 5.60. The average Bonchev–Trinajstić information content (AvgIpc) is 3.32. The molecule has 7 heteroatoms. The maximum atomic E-state index is 4.52. The van der Waals surface area contributed by atoms with Gasteiger partial charge in [-0.1, -0.05) is 0 Å². The summed E-state index contributed by atoms with van der Waals surface area (Å²) in [6.07, 6.45) is 11.0. The number of hydrogen-bond acceptors (Lipinski definition) is 4. The third-order valence-electron chi connectivity index (χ3n) is 4.15. The molecule has 0 bridgehead atoms. The molecule has 24 heavy (non-hydrogen) atoms. The second-order valence-electron chi connectivity index (χ2n) is 5.60. The zero-order valence-corrected chi connectivity index (χ0v) is 12.9. The van der Waals surface area contributed by atoms with E-state index in [2.05, 4.69) is 26.1 Å². The Kier molecular flexibility index (Phi) is 2.58. The lowest BCUT2D eigenvalue weighted by Crippen LogP contribution is -1.97. The van der Waals surface area contributed by atoms with Crippen molar-refractivity contribution in [1.82, 2.24) is 33.7 Å². The first-order valence-electron chi connectivity index (χ1n) is 7.55. The number of aryl methyl sites for hydroxylation is 1. The van der Waals surface area contributed by atoms with Gasteiger partial charge in [0, 0.05) is 37.5 Å². The highest BCUT2D eigenvalue weighted by molar-refractivity contribution is 5.79. The van der Waals surface area contributed by atoms with Gasteiger partial charge in [-0.25, -0.2) is 19.5 Å². The maximum Gasteiger partial charge on any atom is 0.165 e. The van der Waals surface area contributed by atoms with Crippen molar-refractivity contribution in [3.05, 3.63) is 61.6 Å². The Labute approximate surface area is 136 Å². The Hall–Kier alpha value is -3.48. The minimum atomic E-state index is 0.784. The number of nitrogens with zero attached hydrogens (tertiary/aromatic N) is 7. The Morgan fingerprint density at radius 1 is 1.00 bits per heavy atom. The van der Waals surface area contributed by atoms with Crippen LogP contribution in [0.25, 0.3) is 33.8 Å². The molecule has 0 atom stereocenters. The van der Waals surface area contributed by atoms with Crippen molar-refractivity contribution >= 4 is 16.7 Å². The van der Waals surface area contributed by atoms with Gasteiger partial charge in [0.05, 0.1) is 29.1 Å². The number of fused-ring (bicyclic) bond motifs is 2. The molecule has 0 aliphatic carbocycles. The lowest BCUT2D eigenvalue weighted by atomic mass is 10.2. The molecule has 0 radical (unpaired) electrons. The van der Waals surface area contributed by atoms with Crippen LogP contribution in [-0.4, -0.2) is 33.7 Å². The summed E-state index contributed by atoms with van der Waals surface area (Å²) in [6.45, 7) is 0. The fourth-order valence-electron chi connectivity index (χ4n) is 2.96. The van der Waals surface area contributed by atoms with Crippen molar-refractivity contribution in [2.45, 2.75) is 0 Å². The molecule has 0 unspecified atom stereocenters. The fraction of sp³-hybridized carbons (Fsp3) is 0.0588. The van der Waals surface area contributed by atoms with E-state index in [4.69, 9.17) is 0 Å². The summed E-state index contributed by atoms with van der Waals surface area (Å²) < 4.78 is 5.79. The first-order chi connectivity index (χ1) is 11.8. The molecule has 0 amide bonds. The zero-order chi connectivity index (χ0) is 16.1. The highest BCUT2D eigenvalue weighted by Crippen LogP contribution is 2.25. The highest BCUT2D eigenvalue weighted by atomic mass is 15.2. The van der Waals surface area contributed by atoms with Crippen molar-refractivity contribution in [1.29, 1.82) is 0 Å².